The minimum atomic E-state index is -0.367. The van der Waals surface area contributed by atoms with Crippen molar-refractivity contribution in [2.45, 2.75) is 32.4 Å². The Morgan fingerprint density at radius 3 is 2.50 bits per heavy atom. The molecule has 1 heterocycles. The fourth-order valence-electron chi connectivity index (χ4n) is 3.88. The fraction of sp³-hybridized carbons (Fsp3) is 0.172. The van der Waals surface area contributed by atoms with Crippen molar-refractivity contribution >= 4 is 33.8 Å². The van der Waals surface area contributed by atoms with Crippen LogP contribution in [0.3, 0.4) is 0 Å². The van der Waals surface area contributed by atoms with Crippen LogP contribution in [-0.2, 0) is 6.54 Å². The molecule has 7 heteroatoms. The molecule has 36 heavy (non-hydrogen) atoms. The van der Waals surface area contributed by atoms with E-state index in [1.807, 2.05) is 61.5 Å². The molecule has 5 rings (SSSR count). The predicted octanol–water partition coefficient (Wildman–Crippen LogP) is 6.43. The van der Waals surface area contributed by atoms with Gasteiger partial charge in [-0.2, -0.15) is 0 Å². The average Bonchev–Trinajstić information content (AvgIpc) is 3.60. The van der Waals surface area contributed by atoms with Gasteiger partial charge in [0.15, 0.2) is 0 Å². The van der Waals surface area contributed by atoms with Gasteiger partial charge in [0.1, 0.15) is 10.7 Å². The summed E-state index contributed by atoms with van der Waals surface area (Å²) in [4.78, 5) is 26.2. The van der Waals surface area contributed by atoms with Crippen molar-refractivity contribution in [3.05, 3.63) is 106 Å². The zero-order valence-electron chi connectivity index (χ0n) is 19.8. The van der Waals surface area contributed by atoms with Crippen LogP contribution < -0.4 is 16.0 Å². The number of benzene rings is 3. The molecular weight excluding hydrogens is 473 g/mol. The molecular formula is C29H26FN3O2S. The lowest BCUT2D eigenvalue weighted by molar-refractivity contribution is 0.0944. The number of rotatable bonds is 8. The zero-order chi connectivity index (χ0) is 25.1. The maximum atomic E-state index is 14.0. The number of halogens is 1. The minimum Gasteiger partial charge on any atom is -0.349 e. The van der Waals surface area contributed by atoms with Crippen LogP contribution in [0.2, 0.25) is 0 Å². The number of hydrogen-bond acceptors (Lipinski definition) is 4. The Labute approximate surface area is 213 Å². The van der Waals surface area contributed by atoms with Crippen LogP contribution in [0.15, 0.2) is 78.9 Å². The van der Waals surface area contributed by atoms with Crippen molar-refractivity contribution in [1.82, 2.24) is 10.6 Å². The van der Waals surface area contributed by atoms with Crippen LogP contribution in [0.1, 0.15) is 44.0 Å². The summed E-state index contributed by atoms with van der Waals surface area (Å²) in [5, 5.41) is 10.1. The first-order valence-corrected chi connectivity index (χ1v) is 12.7. The SMILES string of the molecule is Cc1ccc(C(=O)NC2CC2)cc1Nc1cc(-c2cccc(F)c2)c(C(=O)NCc2ccccc2)s1. The number of thiophene rings is 1. The summed E-state index contributed by atoms with van der Waals surface area (Å²) in [5.74, 6) is -0.687. The van der Waals surface area contributed by atoms with Crippen molar-refractivity contribution < 1.29 is 14.0 Å². The van der Waals surface area contributed by atoms with Gasteiger partial charge in [-0.05, 0) is 66.8 Å². The van der Waals surface area contributed by atoms with Gasteiger partial charge >= 0.3 is 0 Å². The predicted molar refractivity (Wildman–Crippen MR) is 142 cm³/mol. The van der Waals surface area contributed by atoms with Gasteiger partial charge in [-0.1, -0.05) is 48.5 Å². The minimum absolute atomic E-state index is 0.0897. The van der Waals surface area contributed by atoms with Gasteiger partial charge in [-0.25, -0.2) is 4.39 Å². The lowest BCUT2D eigenvalue weighted by atomic mass is 10.1. The smallest absolute Gasteiger partial charge is 0.262 e. The average molecular weight is 500 g/mol. The second kappa shape index (κ2) is 10.3. The van der Waals surface area contributed by atoms with Gasteiger partial charge in [0.05, 0.1) is 5.00 Å². The lowest BCUT2D eigenvalue weighted by Crippen LogP contribution is -2.25. The second-order valence-electron chi connectivity index (χ2n) is 8.93. The van der Waals surface area contributed by atoms with Crippen molar-refractivity contribution in [2.24, 2.45) is 0 Å². The molecule has 182 valence electrons. The zero-order valence-corrected chi connectivity index (χ0v) is 20.6. The number of aryl methyl sites for hydroxylation is 1. The summed E-state index contributed by atoms with van der Waals surface area (Å²) in [7, 11) is 0. The van der Waals surface area contributed by atoms with Crippen LogP contribution in [-0.4, -0.2) is 17.9 Å². The maximum absolute atomic E-state index is 14.0. The molecule has 3 aromatic carbocycles. The van der Waals surface area contributed by atoms with Crippen LogP contribution in [0, 0.1) is 12.7 Å². The second-order valence-corrected chi connectivity index (χ2v) is 9.99. The normalized spacial score (nSPS) is 12.7. The molecule has 0 unspecified atom stereocenters. The summed E-state index contributed by atoms with van der Waals surface area (Å²) in [6.45, 7) is 2.35. The quantitative estimate of drug-likeness (QED) is 0.262. The van der Waals surface area contributed by atoms with Crippen LogP contribution in [0.25, 0.3) is 11.1 Å². The summed E-state index contributed by atoms with van der Waals surface area (Å²) in [5.41, 5.74) is 4.59. The van der Waals surface area contributed by atoms with Crippen molar-refractivity contribution in [3.8, 4) is 11.1 Å². The molecule has 5 nitrogen and oxygen atoms in total. The summed E-state index contributed by atoms with van der Waals surface area (Å²) < 4.78 is 14.0. The van der Waals surface area contributed by atoms with E-state index < -0.39 is 0 Å². The first kappa shape index (κ1) is 23.8. The van der Waals surface area contributed by atoms with E-state index in [1.54, 1.807) is 12.1 Å². The highest BCUT2D eigenvalue weighted by molar-refractivity contribution is 7.18. The Kier molecular flexibility index (Phi) is 6.82. The lowest BCUT2D eigenvalue weighted by Gasteiger charge is -2.10. The molecule has 0 bridgehead atoms. The van der Waals surface area contributed by atoms with Crippen molar-refractivity contribution in [1.29, 1.82) is 0 Å². The van der Waals surface area contributed by atoms with E-state index in [4.69, 9.17) is 0 Å². The summed E-state index contributed by atoms with van der Waals surface area (Å²) in [6, 6.07) is 23.6. The third kappa shape index (κ3) is 5.63. The van der Waals surface area contributed by atoms with Gasteiger partial charge in [0.25, 0.3) is 11.8 Å². The van der Waals surface area contributed by atoms with Gasteiger partial charge in [0.2, 0.25) is 0 Å². The Morgan fingerprint density at radius 1 is 0.944 bits per heavy atom. The molecule has 3 N–H and O–H groups in total. The Balaban J connectivity index is 1.43. The third-order valence-electron chi connectivity index (χ3n) is 6.04. The third-order valence-corrected chi connectivity index (χ3v) is 7.09. The van der Waals surface area contributed by atoms with E-state index >= 15 is 0 Å². The fourth-order valence-corrected chi connectivity index (χ4v) is 4.89. The Hall–Kier alpha value is -3.97. The van der Waals surface area contributed by atoms with Gasteiger partial charge in [0, 0.05) is 29.4 Å². The van der Waals surface area contributed by atoms with Gasteiger partial charge in [-0.15, -0.1) is 11.3 Å². The highest BCUT2D eigenvalue weighted by Crippen LogP contribution is 2.37. The molecule has 2 amide bonds. The molecule has 1 fully saturated rings. The number of amides is 2. The molecule has 0 saturated heterocycles. The Morgan fingerprint density at radius 2 is 1.75 bits per heavy atom. The van der Waals surface area contributed by atoms with Gasteiger partial charge in [-0.3, -0.25) is 9.59 Å². The van der Waals surface area contributed by atoms with Crippen molar-refractivity contribution in [2.75, 3.05) is 5.32 Å². The highest BCUT2D eigenvalue weighted by atomic mass is 32.1. The van der Waals surface area contributed by atoms with Crippen LogP contribution >= 0.6 is 11.3 Å². The van der Waals surface area contributed by atoms with E-state index in [2.05, 4.69) is 16.0 Å². The standard InChI is InChI=1S/C29H26FN3O2S/c1-18-10-11-21(28(34)32-23-12-13-23)15-25(18)33-26-16-24(20-8-5-9-22(30)14-20)27(36-26)29(35)31-17-19-6-3-2-4-7-19/h2-11,14-16,23,33H,12-13,17H2,1H3,(H,31,35)(H,32,34). The molecule has 1 aromatic heterocycles. The largest absolute Gasteiger partial charge is 0.349 e. The molecule has 1 aliphatic rings. The van der Waals surface area contributed by atoms with E-state index in [9.17, 15) is 14.0 Å². The first-order valence-electron chi connectivity index (χ1n) is 11.9. The van der Waals surface area contributed by atoms with E-state index in [1.165, 1.54) is 23.5 Å². The monoisotopic (exact) mass is 499 g/mol. The molecule has 4 aromatic rings. The molecule has 0 spiro atoms. The van der Waals surface area contributed by atoms with Crippen LogP contribution in [0.5, 0.6) is 0 Å². The molecule has 0 atom stereocenters. The maximum Gasteiger partial charge on any atom is 0.262 e. The van der Waals surface area contributed by atoms with Crippen LogP contribution in [0.4, 0.5) is 15.1 Å². The molecule has 0 aliphatic heterocycles. The highest BCUT2D eigenvalue weighted by Gasteiger charge is 2.24. The number of carbonyl (C=O) groups is 2. The van der Waals surface area contributed by atoms with E-state index in [-0.39, 0.29) is 23.7 Å². The van der Waals surface area contributed by atoms with Crippen molar-refractivity contribution in [3.63, 3.8) is 0 Å². The van der Waals surface area contributed by atoms with E-state index in [0.29, 0.717) is 28.1 Å². The number of hydrogen-bond donors (Lipinski definition) is 3. The molecule has 1 aliphatic carbocycles. The number of nitrogens with one attached hydrogen (secondary N) is 3. The van der Waals surface area contributed by atoms with Gasteiger partial charge < -0.3 is 16.0 Å². The Bertz CT molecular complexity index is 1410. The summed E-state index contributed by atoms with van der Waals surface area (Å²) >= 11 is 1.30. The molecule has 1 saturated carbocycles. The first-order chi connectivity index (χ1) is 17.5. The molecule has 0 radical (unpaired) electrons. The van der Waals surface area contributed by atoms with E-state index in [0.717, 1.165) is 34.7 Å². The summed E-state index contributed by atoms with van der Waals surface area (Å²) in [6.07, 6.45) is 2.05. The number of anilines is 2. The number of carbonyl (C=O) groups excluding carboxylic acids is 2. The topological polar surface area (TPSA) is 70.2 Å².